The Labute approximate surface area is 162 Å². The highest BCUT2D eigenvalue weighted by molar-refractivity contribution is 7.48. The maximum absolute atomic E-state index is 12.6. The fourth-order valence-electron chi connectivity index (χ4n) is 2.99. The van der Waals surface area contributed by atoms with Gasteiger partial charge in [0.15, 0.2) is 21.7 Å². The van der Waals surface area contributed by atoms with Crippen molar-refractivity contribution in [2.24, 2.45) is 0 Å². The Kier molecular flexibility index (Phi) is 4.54. The van der Waals surface area contributed by atoms with Crippen molar-refractivity contribution in [3.05, 3.63) is 16.7 Å². The molecule has 4 unspecified atom stereocenters. The van der Waals surface area contributed by atoms with Gasteiger partial charge in [0.25, 0.3) is 5.56 Å². The van der Waals surface area contributed by atoms with Crippen LogP contribution in [0.5, 0.6) is 0 Å². The van der Waals surface area contributed by atoms with Gasteiger partial charge in [-0.25, -0.2) is 9.55 Å². The van der Waals surface area contributed by atoms with E-state index in [1.54, 1.807) is 13.8 Å². The molecule has 2 aromatic rings. The summed E-state index contributed by atoms with van der Waals surface area (Å²) < 4.78 is 34.1. The minimum atomic E-state index is -3.85. The monoisotopic (exact) mass is 439 g/mol. The van der Waals surface area contributed by atoms with Crippen LogP contribution in [-0.4, -0.2) is 48.8 Å². The number of nitrogens with zero attached hydrogens (tertiary/aromatic N) is 3. The smallest absolute Gasteiger partial charge is 0.369 e. The Bertz CT molecular complexity index is 993. The SMILES string of the molecule is CC(C)OP1(=O)OCC2OC(n3cnc4c(=O)[nH]c(N)nc43)C(Cl)(Cl)C2O1. The number of aromatic nitrogens is 4. The lowest BCUT2D eigenvalue weighted by atomic mass is 10.2. The first-order valence-corrected chi connectivity index (χ1v) is 10.2. The Morgan fingerprint density at radius 1 is 1.52 bits per heavy atom. The molecule has 0 aromatic carbocycles. The second-order valence-electron chi connectivity index (χ2n) is 6.40. The zero-order chi connectivity index (χ0) is 19.6. The Morgan fingerprint density at radius 3 is 2.96 bits per heavy atom. The van der Waals surface area contributed by atoms with E-state index in [-0.39, 0.29) is 23.7 Å². The molecule has 11 nitrogen and oxygen atoms in total. The average Bonchev–Trinajstić information content (AvgIpc) is 3.05. The van der Waals surface area contributed by atoms with Gasteiger partial charge >= 0.3 is 7.82 Å². The molecule has 4 heterocycles. The summed E-state index contributed by atoms with van der Waals surface area (Å²) in [5.41, 5.74) is 5.26. The summed E-state index contributed by atoms with van der Waals surface area (Å²) >= 11 is 13.1. The van der Waals surface area contributed by atoms with Crippen LogP contribution in [0.25, 0.3) is 11.2 Å². The van der Waals surface area contributed by atoms with E-state index in [1.165, 1.54) is 10.9 Å². The van der Waals surface area contributed by atoms with Crippen LogP contribution in [-0.2, 0) is 22.9 Å². The average molecular weight is 440 g/mol. The van der Waals surface area contributed by atoms with Crippen LogP contribution in [0.1, 0.15) is 20.1 Å². The number of ether oxygens (including phenoxy) is 1. The number of fused-ring (bicyclic) bond motifs is 2. The van der Waals surface area contributed by atoms with Crippen molar-refractivity contribution < 1.29 is 22.9 Å². The van der Waals surface area contributed by atoms with Crippen LogP contribution < -0.4 is 11.3 Å². The lowest BCUT2D eigenvalue weighted by molar-refractivity contribution is -0.0733. The molecule has 2 aliphatic heterocycles. The highest BCUT2D eigenvalue weighted by atomic mass is 35.5. The first kappa shape index (κ1) is 19.1. The van der Waals surface area contributed by atoms with Crippen molar-refractivity contribution in [2.75, 3.05) is 12.3 Å². The lowest BCUT2D eigenvalue weighted by Crippen LogP contribution is -2.42. The van der Waals surface area contributed by atoms with E-state index in [2.05, 4.69) is 15.0 Å². The van der Waals surface area contributed by atoms with Crippen molar-refractivity contribution >= 4 is 48.1 Å². The number of imidazole rings is 1. The van der Waals surface area contributed by atoms with Crippen molar-refractivity contribution in [3.8, 4) is 0 Å². The molecule has 4 atom stereocenters. The van der Waals surface area contributed by atoms with Crippen LogP contribution in [0.4, 0.5) is 5.95 Å². The van der Waals surface area contributed by atoms with Gasteiger partial charge in [0.05, 0.1) is 19.0 Å². The molecule has 0 spiro atoms. The zero-order valence-corrected chi connectivity index (χ0v) is 16.6. The molecule has 2 aliphatic rings. The molecule has 0 aliphatic carbocycles. The number of halogens is 2. The zero-order valence-electron chi connectivity index (χ0n) is 14.2. The van der Waals surface area contributed by atoms with E-state index in [9.17, 15) is 9.36 Å². The van der Waals surface area contributed by atoms with Gasteiger partial charge in [-0.3, -0.25) is 27.9 Å². The molecule has 2 saturated heterocycles. The van der Waals surface area contributed by atoms with E-state index >= 15 is 0 Å². The molecule has 3 N–H and O–H groups in total. The fourth-order valence-corrected chi connectivity index (χ4v) is 5.40. The number of phosphoric ester groups is 1. The number of nitrogen functional groups attached to an aromatic ring is 1. The van der Waals surface area contributed by atoms with Gasteiger partial charge in [0, 0.05) is 0 Å². The Hall–Kier alpha value is -1.20. The summed E-state index contributed by atoms with van der Waals surface area (Å²) in [5, 5.41) is 0. The summed E-state index contributed by atoms with van der Waals surface area (Å²) in [4.78, 5) is 22.4. The van der Waals surface area contributed by atoms with E-state index in [1.807, 2.05) is 0 Å². The first-order valence-electron chi connectivity index (χ1n) is 7.98. The third-order valence-electron chi connectivity index (χ3n) is 4.03. The van der Waals surface area contributed by atoms with E-state index < -0.39 is 42.3 Å². The molecule has 27 heavy (non-hydrogen) atoms. The second-order valence-corrected chi connectivity index (χ2v) is 9.42. The number of hydrogen-bond acceptors (Lipinski definition) is 9. The third kappa shape index (κ3) is 3.17. The van der Waals surface area contributed by atoms with E-state index in [4.69, 9.17) is 47.2 Å². The topological polar surface area (TPSA) is 144 Å². The number of alkyl halides is 2. The summed E-state index contributed by atoms with van der Waals surface area (Å²) in [7, 11) is -3.85. The first-order chi connectivity index (χ1) is 12.6. The third-order valence-corrected chi connectivity index (χ3v) is 6.47. The number of phosphoric acid groups is 1. The van der Waals surface area contributed by atoms with Crippen LogP contribution >= 0.6 is 31.0 Å². The lowest BCUT2D eigenvalue weighted by Gasteiger charge is -2.33. The van der Waals surface area contributed by atoms with Gasteiger partial charge in [-0.2, -0.15) is 4.98 Å². The van der Waals surface area contributed by atoms with E-state index in [0.717, 1.165) is 0 Å². The molecule has 0 bridgehead atoms. The quantitative estimate of drug-likeness (QED) is 0.539. The molecule has 14 heteroatoms. The number of hydrogen-bond donors (Lipinski definition) is 2. The predicted molar refractivity (Wildman–Crippen MR) is 95.6 cm³/mol. The minimum absolute atomic E-state index is 0.0396. The summed E-state index contributed by atoms with van der Waals surface area (Å²) in [5.74, 6) is -0.103. The van der Waals surface area contributed by atoms with Crippen molar-refractivity contribution in [3.63, 3.8) is 0 Å². The number of rotatable bonds is 3. The van der Waals surface area contributed by atoms with Gasteiger partial charge in [0.2, 0.25) is 5.95 Å². The number of aromatic amines is 1. The van der Waals surface area contributed by atoms with Crippen LogP contribution in [0.3, 0.4) is 0 Å². The number of anilines is 1. The molecule has 2 aromatic heterocycles. The van der Waals surface area contributed by atoms with Gasteiger partial charge in [-0.15, -0.1) is 0 Å². The minimum Gasteiger partial charge on any atom is -0.369 e. The van der Waals surface area contributed by atoms with Crippen molar-refractivity contribution in [2.45, 2.75) is 42.7 Å². The largest absolute Gasteiger partial charge is 0.475 e. The van der Waals surface area contributed by atoms with Crippen molar-refractivity contribution in [1.82, 2.24) is 19.5 Å². The fraction of sp³-hybridized carbons (Fsp3) is 0.615. The van der Waals surface area contributed by atoms with Crippen LogP contribution in [0.15, 0.2) is 11.1 Å². The molecule has 0 saturated carbocycles. The molecule has 2 fully saturated rings. The second kappa shape index (κ2) is 6.41. The Morgan fingerprint density at radius 2 is 2.26 bits per heavy atom. The molecular weight excluding hydrogens is 424 g/mol. The number of nitrogens with two attached hydrogens (primary N) is 1. The van der Waals surface area contributed by atoms with Crippen LogP contribution in [0, 0.1) is 0 Å². The van der Waals surface area contributed by atoms with Crippen molar-refractivity contribution in [1.29, 1.82) is 0 Å². The summed E-state index contributed by atoms with van der Waals surface area (Å²) in [6, 6.07) is 0. The highest BCUT2D eigenvalue weighted by Crippen LogP contribution is 2.61. The maximum Gasteiger partial charge on any atom is 0.475 e. The molecular formula is C13H16Cl2N5O6P. The molecule has 0 radical (unpaired) electrons. The standard InChI is InChI=1S/C13H16Cl2N5O6P/c1-5(2)25-27(22)23-3-6-8(26-27)13(14,15)11(24-6)20-4-17-7-9(20)18-12(16)19-10(7)21/h4-6,8,11H,3H2,1-2H3,(H3,16,18,19,21). The Balaban J connectivity index is 1.71. The van der Waals surface area contributed by atoms with Gasteiger partial charge in [0.1, 0.15) is 12.2 Å². The summed E-state index contributed by atoms with van der Waals surface area (Å²) in [6.07, 6.45) is -1.88. The predicted octanol–water partition coefficient (Wildman–Crippen LogP) is 1.72. The molecule has 4 rings (SSSR count). The van der Waals surface area contributed by atoms with Gasteiger partial charge in [-0.1, -0.05) is 23.2 Å². The maximum atomic E-state index is 12.6. The molecule has 148 valence electrons. The van der Waals surface area contributed by atoms with Gasteiger partial charge in [-0.05, 0) is 13.8 Å². The van der Waals surface area contributed by atoms with E-state index in [0.29, 0.717) is 0 Å². The normalized spacial score (nSPS) is 32.9. The number of H-pyrrole nitrogens is 1. The van der Waals surface area contributed by atoms with Gasteiger partial charge < -0.3 is 10.5 Å². The summed E-state index contributed by atoms with van der Waals surface area (Å²) in [6.45, 7) is 3.27. The number of nitrogens with one attached hydrogen (secondary N) is 1. The highest BCUT2D eigenvalue weighted by Gasteiger charge is 2.62. The molecule has 0 amide bonds. The van der Waals surface area contributed by atoms with Crippen LogP contribution in [0.2, 0.25) is 0 Å².